The highest BCUT2D eigenvalue weighted by molar-refractivity contribution is 6.30. The minimum Gasteiger partial charge on any atom is -0.464 e. The van der Waals surface area contributed by atoms with Gasteiger partial charge >= 0.3 is 5.97 Å². The van der Waals surface area contributed by atoms with Gasteiger partial charge in [-0.25, -0.2) is 9.78 Å². The maximum Gasteiger partial charge on any atom is 0.356 e. The molecule has 0 aromatic carbocycles. The third kappa shape index (κ3) is 1.95. The van der Waals surface area contributed by atoms with Gasteiger partial charge in [0, 0.05) is 10.7 Å². The van der Waals surface area contributed by atoms with Crippen LogP contribution in [0, 0.1) is 6.92 Å². The van der Waals surface area contributed by atoms with Gasteiger partial charge in [0.25, 0.3) is 0 Å². The SMILES string of the molecule is COC(=O)c1cc(Cl)cc(C)n1. The number of carbonyl (C=O) groups excluding carboxylic acids is 1. The van der Waals surface area contributed by atoms with Crippen molar-refractivity contribution in [2.75, 3.05) is 7.11 Å². The van der Waals surface area contributed by atoms with Crippen LogP contribution in [0.3, 0.4) is 0 Å². The van der Waals surface area contributed by atoms with Crippen LogP contribution < -0.4 is 0 Å². The van der Waals surface area contributed by atoms with E-state index in [-0.39, 0.29) is 5.69 Å². The zero-order valence-corrected chi connectivity index (χ0v) is 7.55. The molecule has 0 amide bonds. The van der Waals surface area contributed by atoms with Crippen molar-refractivity contribution in [3.8, 4) is 0 Å². The lowest BCUT2D eigenvalue weighted by molar-refractivity contribution is 0.0594. The van der Waals surface area contributed by atoms with Gasteiger partial charge in [0.05, 0.1) is 7.11 Å². The van der Waals surface area contributed by atoms with Gasteiger partial charge in [-0.2, -0.15) is 0 Å². The van der Waals surface area contributed by atoms with Crippen LogP contribution in [0.2, 0.25) is 5.02 Å². The summed E-state index contributed by atoms with van der Waals surface area (Å²) in [6.45, 7) is 1.76. The molecule has 3 nitrogen and oxygen atoms in total. The maximum atomic E-state index is 11.0. The van der Waals surface area contributed by atoms with Crippen molar-refractivity contribution in [1.29, 1.82) is 0 Å². The minimum atomic E-state index is -0.472. The zero-order valence-electron chi connectivity index (χ0n) is 6.80. The molecular weight excluding hydrogens is 178 g/mol. The van der Waals surface area contributed by atoms with Crippen LogP contribution >= 0.6 is 11.6 Å². The number of nitrogens with zero attached hydrogens (tertiary/aromatic N) is 1. The van der Waals surface area contributed by atoms with E-state index in [1.807, 2.05) is 0 Å². The normalized spacial score (nSPS) is 9.58. The lowest BCUT2D eigenvalue weighted by Crippen LogP contribution is -2.04. The van der Waals surface area contributed by atoms with Gasteiger partial charge in [0.1, 0.15) is 5.69 Å². The molecule has 1 aromatic heterocycles. The van der Waals surface area contributed by atoms with E-state index < -0.39 is 5.97 Å². The van der Waals surface area contributed by atoms with E-state index in [1.54, 1.807) is 13.0 Å². The summed E-state index contributed by atoms with van der Waals surface area (Å²) in [5, 5.41) is 0.489. The topological polar surface area (TPSA) is 39.2 Å². The van der Waals surface area contributed by atoms with Gasteiger partial charge in [0.15, 0.2) is 0 Å². The number of aryl methyl sites for hydroxylation is 1. The van der Waals surface area contributed by atoms with Gasteiger partial charge in [-0.05, 0) is 19.1 Å². The van der Waals surface area contributed by atoms with Crippen molar-refractivity contribution in [2.24, 2.45) is 0 Å². The molecule has 0 saturated carbocycles. The number of pyridine rings is 1. The number of halogens is 1. The Labute approximate surface area is 75.3 Å². The van der Waals surface area contributed by atoms with Crippen molar-refractivity contribution in [3.63, 3.8) is 0 Å². The molecule has 4 heteroatoms. The van der Waals surface area contributed by atoms with Crippen molar-refractivity contribution >= 4 is 17.6 Å². The quantitative estimate of drug-likeness (QED) is 0.627. The summed E-state index contributed by atoms with van der Waals surface area (Å²) in [6.07, 6.45) is 0. The Hall–Kier alpha value is -1.09. The molecule has 0 bridgehead atoms. The molecule has 0 atom stereocenters. The van der Waals surface area contributed by atoms with Gasteiger partial charge in [-0.3, -0.25) is 0 Å². The Morgan fingerprint density at radius 2 is 2.25 bits per heavy atom. The first-order valence-electron chi connectivity index (χ1n) is 3.36. The van der Waals surface area contributed by atoms with Crippen molar-refractivity contribution in [2.45, 2.75) is 6.92 Å². The number of hydrogen-bond acceptors (Lipinski definition) is 3. The first kappa shape index (κ1) is 9.00. The molecule has 64 valence electrons. The predicted octanol–water partition coefficient (Wildman–Crippen LogP) is 1.83. The lowest BCUT2D eigenvalue weighted by Gasteiger charge is -1.99. The molecule has 12 heavy (non-hydrogen) atoms. The number of esters is 1. The van der Waals surface area contributed by atoms with Crippen molar-refractivity contribution in [1.82, 2.24) is 4.98 Å². The van der Waals surface area contributed by atoms with Crippen LogP contribution in [0.25, 0.3) is 0 Å². The highest BCUT2D eigenvalue weighted by atomic mass is 35.5. The molecule has 0 aliphatic heterocycles. The van der Waals surface area contributed by atoms with Crippen molar-refractivity contribution < 1.29 is 9.53 Å². The Balaban J connectivity index is 3.08. The summed E-state index contributed by atoms with van der Waals surface area (Å²) in [5.74, 6) is -0.472. The first-order chi connectivity index (χ1) is 5.63. The summed E-state index contributed by atoms with van der Waals surface area (Å²) in [4.78, 5) is 14.9. The molecule has 0 fully saturated rings. The number of rotatable bonds is 1. The fourth-order valence-corrected chi connectivity index (χ4v) is 1.10. The Morgan fingerprint density at radius 1 is 1.58 bits per heavy atom. The molecule has 0 spiro atoms. The third-order valence-electron chi connectivity index (χ3n) is 1.31. The Morgan fingerprint density at radius 3 is 2.75 bits per heavy atom. The van der Waals surface area contributed by atoms with Gasteiger partial charge < -0.3 is 4.74 Å². The zero-order chi connectivity index (χ0) is 9.14. The lowest BCUT2D eigenvalue weighted by atomic mass is 10.3. The van der Waals surface area contributed by atoms with E-state index in [9.17, 15) is 4.79 Å². The average molecular weight is 186 g/mol. The van der Waals surface area contributed by atoms with Crippen LogP contribution in [0.4, 0.5) is 0 Å². The van der Waals surface area contributed by atoms with Crippen LogP contribution in [-0.2, 0) is 4.74 Å². The van der Waals surface area contributed by atoms with Crippen LogP contribution in [-0.4, -0.2) is 18.1 Å². The molecule has 0 aliphatic carbocycles. The van der Waals surface area contributed by atoms with Crippen molar-refractivity contribution in [3.05, 3.63) is 28.5 Å². The van der Waals surface area contributed by atoms with E-state index in [4.69, 9.17) is 11.6 Å². The summed E-state index contributed by atoms with van der Waals surface area (Å²) < 4.78 is 4.49. The van der Waals surface area contributed by atoms with Gasteiger partial charge in [-0.15, -0.1) is 0 Å². The maximum absolute atomic E-state index is 11.0. The van der Waals surface area contributed by atoms with E-state index in [0.717, 1.165) is 0 Å². The molecule has 0 aliphatic rings. The van der Waals surface area contributed by atoms with E-state index in [2.05, 4.69) is 9.72 Å². The minimum absolute atomic E-state index is 0.238. The number of aromatic nitrogens is 1. The molecule has 0 saturated heterocycles. The second kappa shape index (κ2) is 3.54. The molecule has 1 aromatic rings. The molecule has 1 heterocycles. The summed E-state index contributed by atoms with van der Waals surface area (Å²) in [5.41, 5.74) is 0.936. The van der Waals surface area contributed by atoms with E-state index in [1.165, 1.54) is 13.2 Å². The van der Waals surface area contributed by atoms with Crippen LogP contribution in [0.1, 0.15) is 16.2 Å². The second-order valence-corrected chi connectivity index (χ2v) is 2.74. The van der Waals surface area contributed by atoms with E-state index >= 15 is 0 Å². The molecule has 0 radical (unpaired) electrons. The molecule has 0 unspecified atom stereocenters. The molecule has 0 N–H and O–H groups in total. The Kier molecular flexibility index (Phi) is 2.65. The Bertz CT molecular complexity index is 292. The standard InChI is InChI=1S/C8H8ClNO2/c1-5-3-6(9)4-7(10-5)8(11)12-2/h3-4H,1-2H3. The largest absolute Gasteiger partial charge is 0.464 e. The number of carbonyl (C=O) groups is 1. The average Bonchev–Trinajstić information content (AvgIpc) is 2.01. The summed E-state index contributed by atoms with van der Waals surface area (Å²) in [7, 11) is 1.31. The number of ether oxygens (including phenoxy) is 1. The van der Waals surface area contributed by atoms with Crippen LogP contribution in [0.15, 0.2) is 12.1 Å². The highest BCUT2D eigenvalue weighted by Gasteiger charge is 2.07. The van der Waals surface area contributed by atoms with Gasteiger partial charge in [0.2, 0.25) is 0 Å². The number of methoxy groups -OCH3 is 1. The smallest absolute Gasteiger partial charge is 0.356 e. The summed E-state index contributed by atoms with van der Waals surface area (Å²) >= 11 is 5.70. The third-order valence-corrected chi connectivity index (χ3v) is 1.53. The highest BCUT2D eigenvalue weighted by Crippen LogP contribution is 2.11. The monoisotopic (exact) mass is 185 g/mol. The van der Waals surface area contributed by atoms with E-state index in [0.29, 0.717) is 10.7 Å². The number of hydrogen-bond donors (Lipinski definition) is 0. The molecule has 1 rings (SSSR count). The molecular formula is C8H8ClNO2. The van der Waals surface area contributed by atoms with Gasteiger partial charge in [-0.1, -0.05) is 11.6 Å². The second-order valence-electron chi connectivity index (χ2n) is 2.30. The fourth-order valence-electron chi connectivity index (χ4n) is 0.836. The summed E-state index contributed by atoms with van der Waals surface area (Å²) in [6, 6.07) is 3.15. The fraction of sp³-hybridized carbons (Fsp3) is 0.250. The first-order valence-corrected chi connectivity index (χ1v) is 3.74. The predicted molar refractivity (Wildman–Crippen MR) is 45.3 cm³/mol. The van der Waals surface area contributed by atoms with Crippen LogP contribution in [0.5, 0.6) is 0 Å².